The first-order valence-electron chi connectivity index (χ1n) is 8.09. The molecule has 0 atom stereocenters. The highest BCUT2D eigenvalue weighted by molar-refractivity contribution is 7.98. The number of para-hydroxylation sites is 1. The largest absolute Gasteiger partial charge is 0.268 e. The van der Waals surface area contributed by atoms with Crippen molar-refractivity contribution in [3.63, 3.8) is 0 Å². The van der Waals surface area contributed by atoms with E-state index in [1.54, 1.807) is 41.8 Å². The molecule has 0 aliphatic rings. The van der Waals surface area contributed by atoms with Gasteiger partial charge < -0.3 is 0 Å². The van der Waals surface area contributed by atoms with Crippen molar-refractivity contribution < 1.29 is 22.0 Å². The maximum Gasteiger partial charge on any atom is 0.267 e. The first kappa shape index (κ1) is 19.6. The monoisotopic (exact) mass is 440 g/mol. The second-order valence-corrected chi connectivity index (χ2v) is 7.68. The maximum absolute atomic E-state index is 14.0. The van der Waals surface area contributed by atoms with Gasteiger partial charge in [0.05, 0.1) is 11.1 Å². The number of thioether (sulfide) groups is 1. The molecule has 0 saturated carbocycles. The van der Waals surface area contributed by atoms with Crippen LogP contribution in [0.1, 0.15) is 5.56 Å². The Hall–Kier alpha value is -2.72. The number of hydrogen-bond donors (Lipinski definition) is 0. The minimum Gasteiger partial charge on any atom is -0.268 e. The summed E-state index contributed by atoms with van der Waals surface area (Å²) < 4.78 is 69.4. The minimum atomic E-state index is -2.21. The number of rotatable bonds is 4. The van der Waals surface area contributed by atoms with E-state index in [0.717, 1.165) is 0 Å². The molecule has 10 heteroatoms. The average molecular weight is 440 g/mol. The molecule has 4 aromatic rings. The number of fused-ring (bicyclic) bond motifs is 1. The Morgan fingerprint density at radius 2 is 1.52 bits per heavy atom. The van der Waals surface area contributed by atoms with Crippen LogP contribution in [0.4, 0.5) is 22.0 Å². The maximum atomic E-state index is 14.0. The Kier molecular flexibility index (Phi) is 5.13. The molecule has 148 valence electrons. The van der Waals surface area contributed by atoms with E-state index in [1.165, 1.54) is 15.9 Å². The van der Waals surface area contributed by atoms with Crippen LogP contribution >= 0.6 is 23.1 Å². The van der Waals surface area contributed by atoms with E-state index < -0.39 is 46.0 Å². The van der Waals surface area contributed by atoms with Crippen LogP contribution in [-0.2, 0) is 5.75 Å². The van der Waals surface area contributed by atoms with E-state index in [2.05, 4.69) is 4.98 Å². The van der Waals surface area contributed by atoms with Gasteiger partial charge in [0.15, 0.2) is 28.4 Å². The highest BCUT2D eigenvalue weighted by Crippen LogP contribution is 2.30. The van der Waals surface area contributed by atoms with Gasteiger partial charge in [0.1, 0.15) is 4.83 Å². The van der Waals surface area contributed by atoms with Gasteiger partial charge >= 0.3 is 0 Å². The zero-order chi connectivity index (χ0) is 20.7. The lowest BCUT2D eigenvalue weighted by atomic mass is 10.2. The Bertz CT molecular complexity index is 1260. The highest BCUT2D eigenvalue weighted by atomic mass is 32.2. The molecule has 4 rings (SSSR count). The normalized spacial score (nSPS) is 11.3. The van der Waals surface area contributed by atoms with Crippen LogP contribution in [-0.4, -0.2) is 9.55 Å². The summed E-state index contributed by atoms with van der Waals surface area (Å²) in [5.41, 5.74) is -0.924. The summed E-state index contributed by atoms with van der Waals surface area (Å²) in [7, 11) is 0. The summed E-state index contributed by atoms with van der Waals surface area (Å²) in [5, 5.41) is 2.10. The predicted octanol–water partition coefficient (Wildman–Crippen LogP) is 5.44. The van der Waals surface area contributed by atoms with E-state index in [9.17, 15) is 26.7 Å². The fourth-order valence-corrected chi connectivity index (χ4v) is 4.52. The number of benzene rings is 2. The predicted molar refractivity (Wildman–Crippen MR) is 101 cm³/mol. The zero-order valence-corrected chi connectivity index (χ0v) is 15.9. The summed E-state index contributed by atoms with van der Waals surface area (Å²) in [5.74, 6) is -10.7. The number of aromatic nitrogens is 2. The van der Waals surface area contributed by atoms with Crippen molar-refractivity contribution in [1.82, 2.24) is 9.55 Å². The van der Waals surface area contributed by atoms with E-state index in [4.69, 9.17) is 0 Å². The molecule has 0 unspecified atom stereocenters. The van der Waals surface area contributed by atoms with Crippen molar-refractivity contribution >= 4 is 33.3 Å². The molecule has 2 aromatic carbocycles. The molecule has 0 fully saturated rings. The molecule has 0 aliphatic carbocycles. The van der Waals surface area contributed by atoms with Gasteiger partial charge in [-0.05, 0) is 23.6 Å². The zero-order valence-electron chi connectivity index (χ0n) is 14.3. The summed E-state index contributed by atoms with van der Waals surface area (Å²) in [6.07, 6.45) is 0. The Labute approximate surface area is 168 Å². The molecule has 0 saturated heterocycles. The molecule has 0 amide bonds. The fraction of sp³-hybridized carbons (Fsp3) is 0.0526. The van der Waals surface area contributed by atoms with Crippen molar-refractivity contribution in [2.24, 2.45) is 0 Å². The molecule has 2 aromatic heterocycles. The topological polar surface area (TPSA) is 34.9 Å². The van der Waals surface area contributed by atoms with Crippen LogP contribution in [0.5, 0.6) is 0 Å². The smallest absolute Gasteiger partial charge is 0.267 e. The number of nitrogens with zero attached hydrogens (tertiary/aromatic N) is 2. The molecule has 0 N–H and O–H groups in total. The van der Waals surface area contributed by atoms with Crippen LogP contribution in [0.25, 0.3) is 15.9 Å². The third-order valence-corrected chi connectivity index (χ3v) is 5.90. The fourth-order valence-electron chi connectivity index (χ4n) is 2.71. The van der Waals surface area contributed by atoms with Crippen molar-refractivity contribution in [3.05, 3.63) is 86.8 Å². The van der Waals surface area contributed by atoms with Gasteiger partial charge in [-0.25, -0.2) is 26.9 Å². The standard InChI is InChI=1S/C19H9F5N2OS2/c20-12-11(13(21)15(23)16(24)14(12)22)8-29-19-25-17-10(6-7-28-17)18(27)26(19)9-4-2-1-3-5-9/h1-7H,8H2. The SMILES string of the molecule is O=c1c2ccsc2nc(SCc2c(F)c(F)c(F)c(F)c2F)n1-c1ccccc1. The summed E-state index contributed by atoms with van der Waals surface area (Å²) >= 11 is 1.90. The average Bonchev–Trinajstić information content (AvgIpc) is 3.20. The van der Waals surface area contributed by atoms with Gasteiger partial charge in [0.25, 0.3) is 5.56 Å². The lowest BCUT2D eigenvalue weighted by Gasteiger charge is -2.13. The van der Waals surface area contributed by atoms with Crippen molar-refractivity contribution in [3.8, 4) is 5.69 Å². The van der Waals surface area contributed by atoms with Crippen LogP contribution in [0.2, 0.25) is 0 Å². The van der Waals surface area contributed by atoms with E-state index >= 15 is 0 Å². The van der Waals surface area contributed by atoms with Gasteiger partial charge in [-0.15, -0.1) is 11.3 Å². The van der Waals surface area contributed by atoms with Crippen molar-refractivity contribution in [2.45, 2.75) is 10.9 Å². The van der Waals surface area contributed by atoms with Crippen molar-refractivity contribution in [1.29, 1.82) is 0 Å². The summed E-state index contributed by atoms with van der Waals surface area (Å²) in [6.45, 7) is 0. The Morgan fingerprint density at radius 3 is 2.17 bits per heavy atom. The van der Waals surface area contributed by atoms with E-state index in [-0.39, 0.29) is 5.16 Å². The van der Waals surface area contributed by atoms with E-state index in [0.29, 0.717) is 27.7 Å². The van der Waals surface area contributed by atoms with Crippen LogP contribution in [0.15, 0.2) is 51.7 Å². The second kappa shape index (κ2) is 7.60. The van der Waals surface area contributed by atoms with Gasteiger partial charge in [-0.1, -0.05) is 30.0 Å². The number of hydrogen-bond acceptors (Lipinski definition) is 4. The van der Waals surface area contributed by atoms with Crippen LogP contribution in [0.3, 0.4) is 0 Å². The third-order valence-electron chi connectivity index (χ3n) is 4.13. The summed E-state index contributed by atoms with van der Waals surface area (Å²) in [4.78, 5) is 17.7. The molecule has 2 heterocycles. The molecule has 0 spiro atoms. The van der Waals surface area contributed by atoms with Crippen LogP contribution < -0.4 is 5.56 Å². The first-order valence-corrected chi connectivity index (χ1v) is 9.95. The van der Waals surface area contributed by atoms with Gasteiger partial charge in [-0.2, -0.15) is 0 Å². The van der Waals surface area contributed by atoms with E-state index in [1.807, 2.05) is 0 Å². The molecule has 0 radical (unpaired) electrons. The Morgan fingerprint density at radius 1 is 0.897 bits per heavy atom. The second-order valence-electron chi connectivity index (χ2n) is 5.85. The third kappa shape index (κ3) is 3.32. The highest BCUT2D eigenvalue weighted by Gasteiger charge is 2.26. The first-order chi connectivity index (χ1) is 13.9. The molecular weight excluding hydrogens is 431 g/mol. The quantitative estimate of drug-likeness (QED) is 0.139. The van der Waals surface area contributed by atoms with Gasteiger partial charge in [0, 0.05) is 11.3 Å². The molecule has 0 bridgehead atoms. The molecular formula is C19H9F5N2OS2. The molecule has 0 aliphatic heterocycles. The molecule has 29 heavy (non-hydrogen) atoms. The lowest BCUT2D eigenvalue weighted by Crippen LogP contribution is -2.21. The number of thiophene rings is 1. The number of halogens is 5. The Balaban J connectivity index is 1.83. The van der Waals surface area contributed by atoms with Crippen LogP contribution in [0, 0.1) is 29.1 Å². The minimum absolute atomic E-state index is 0.0695. The molecule has 3 nitrogen and oxygen atoms in total. The van der Waals surface area contributed by atoms with Crippen molar-refractivity contribution in [2.75, 3.05) is 0 Å². The summed E-state index contributed by atoms with van der Waals surface area (Å²) in [6, 6.07) is 10.0. The van der Waals surface area contributed by atoms with Gasteiger partial charge in [0.2, 0.25) is 5.82 Å². The lowest BCUT2D eigenvalue weighted by molar-refractivity contribution is 0.372. The van der Waals surface area contributed by atoms with Gasteiger partial charge in [-0.3, -0.25) is 9.36 Å².